The molecule has 0 atom stereocenters. The van der Waals surface area contributed by atoms with Crippen molar-refractivity contribution in [2.24, 2.45) is 4.40 Å². The third-order valence-corrected chi connectivity index (χ3v) is 6.68. The van der Waals surface area contributed by atoms with Crippen molar-refractivity contribution >= 4 is 33.1 Å². The molecule has 1 fully saturated rings. The number of amidine groups is 1. The minimum Gasteiger partial charge on any atom is -0.362 e. The zero-order valence-electron chi connectivity index (χ0n) is 18.4. The van der Waals surface area contributed by atoms with E-state index in [2.05, 4.69) is 20.0 Å². The summed E-state index contributed by atoms with van der Waals surface area (Å²) in [5.74, 6) is -0.0303. The highest BCUT2D eigenvalue weighted by atomic mass is 32.2. The van der Waals surface area contributed by atoms with Crippen molar-refractivity contribution in [3.8, 4) is 5.69 Å². The molecule has 34 heavy (non-hydrogen) atoms. The second kappa shape index (κ2) is 9.02. The molecule has 0 unspecified atom stereocenters. The molecule has 3 aromatic rings. The highest BCUT2D eigenvalue weighted by Crippen LogP contribution is 2.21. The second-order valence-electron chi connectivity index (χ2n) is 7.70. The maximum absolute atomic E-state index is 12.7. The average Bonchev–Trinajstić information content (AvgIpc) is 3.39. The Morgan fingerprint density at radius 2 is 1.94 bits per heavy atom. The number of carbonyl (C=O) groups is 1. The Labute approximate surface area is 195 Å². The van der Waals surface area contributed by atoms with Crippen molar-refractivity contribution in [2.45, 2.75) is 24.7 Å². The number of likely N-dealkylation sites (tertiary alicyclic amines) is 1. The predicted octanol–water partition coefficient (Wildman–Crippen LogP) is 2.55. The van der Waals surface area contributed by atoms with Crippen molar-refractivity contribution in [1.82, 2.24) is 19.9 Å². The van der Waals surface area contributed by atoms with Crippen LogP contribution in [0.15, 0.2) is 57.8 Å². The lowest BCUT2D eigenvalue weighted by molar-refractivity contribution is -0.384. The van der Waals surface area contributed by atoms with Crippen LogP contribution in [0.1, 0.15) is 29.0 Å². The van der Waals surface area contributed by atoms with Crippen LogP contribution < -0.4 is 5.32 Å². The summed E-state index contributed by atoms with van der Waals surface area (Å²) in [5, 5.41) is 21.5. The molecule has 1 saturated heterocycles. The Bertz CT molecular complexity index is 1400. The molecule has 0 bridgehead atoms. The lowest BCUT2D eigenvalue weighted by Crippen LogP contribution is -2.20. The van der Waals surface area contributed by atoms with Gasteiger partial charge in [-0.05, 0) is 43.7 Å². The number of benzene rings is 2. The molecule has 0 spiro atoms. The number of rotatable bonds is 6. The van der Waals surface area contributed by atoms with Gasteiger partial charge in [0, 0.05) is 37.8 Å². The van der Waals surface area contributed by atoms with Crippen LogP contribution in [-0.2, 0) is 10.0 Å². The molecule has 1 aliphatic heterocycles. The van der Waals surface area contributed by atoms with Gasteiger partial charge in [-0.2, -0.15) is 8.42 Å². The summed E-state index contributed by atoms with van der Waals surface area (Å²) < 4.78 is 30.4. The first-order valence-corrected chi connectivity index (χ1v) is 11.7. The Morgan fingerprint density at radius 1 is 1.21 bits per heavy atom. The van der Waals surface area contributed by atoms with Crippen molar-refractivity contribution < 1.29 is 18.1 Å². The molecule has 2 heterocycles. The first kappa shape index (κ1) is 23.0. The van der Waals surface area contributed by atoms with Crippen molar-refractivity contribution in [3.63, 3.8) is 0 Å². The number of non-ortho nitro benzene ring substituents is 1. The van der Waals surface area contributed by atoms with Crippen LogP contribution >= 0.6 is 0 Å². The number of aromatic nitrogens is 3. The van der Waals surface area contributed by atoms with E-state index >= 15 is 0 Å². The molecule has 13 heteroatoms. The molecular weight excluding hydrogens is 462 g/mol. The van der Waals surface area contributed by atoms with Gasteiger partial charge in [0.15, 0.2) is 5.69 Å². The van der Waals surface area contributed by atoms with Gasteiger partial charge in [0.05, 0.1) is 21.2 Å². The van der Waals surface area contributed by atoms with Crippen molar-refractivity contribution in [2.75, 3.05) is 18.9 Å². The molecule has 0 aliphatic carbocycles. The highest BCUT2D eigenvalue weighted by molar-refractivity contribution is 7.90. The number of sulfonamides is 1. The van der Waals surface area contributed by atoms with Crippen molar-refractivity contribution in [3.05, 3.63) is 70.0 Å². The van der Waals surface area contributed by atoms with Crippen LogP contribution in [0.3, 0.4) is 0 Å². The molecule has 0 radical (unpaired) electrons. The van der Waals surface area contributed by atoms with E-state index in [-0.39, 0.29) is 16.3 Å². The van der Waals surface area contributed by atoms with Crippen LogP contribution in [0.4, 0.5) is 11.4 Å². The number of nitro groups is 1. The van der Waals surface area contributed by atoms with E-state index in [1.165, 1.54) is 47.1 Å². The zero-order chi connectivity index (χ0) is 24.5. The van der Waals surface area contributed by atoms with E-state index in [1.807, 2.05) is 4.90 Å². The average molecular weight is 484 g/mol. The minimum atomic E-state index is -3.86. The summed E-state index contributed by atoms with van der Waals surface area (Å²) in [5.41, 5.74) is 1.05. The number of nitrogens with zero attached hydrogens (tertiary/aromatic N) is 6. The fraction of sp³-hybridized carbons (Fsp3) is 0.238. The number of hydrogen-bond acceptors (Lipinski definition) is 7. The van der Waals surface area contributed by atoms with Gasteiger partial charge in [-0.1, -0.05) is 11.3 Å². The Balaban J connectivity index is 1.51. The Kier molecular flexibility index (Phi) is 6.11. The largest absolute Gasteiger partial charge is 0.362 e. The predicted molar refractivity (Wildman–Crippen MR) is 124 cm³/mol. The number of carbonyl (C=O) groups excluding carboxylic acids is 1. The van der Waals surface area contributed by atoms with Gasteiger partial charge in [-0.15, -0.1) is 9.50 Å². The van der Waals surface area contributed by atoms with Crippen LogP contribution in [0, 0.1) is 17.0 Å². The summed E-state index contributed by atoms with van der Waals surface area (Å²) >= 11 is 0. The van der Waals surface area contributed by atoms with Gasteiger partial charge < -0.3 is 10.2 Å². The molecule has 1 N–H and O–H groups in total. The van der Waals surface area contributed by atoms with Gasteiger partial charge in [-0.3, -0.25) is 14.9 Å². The van der Waals surface area contributed by atoms with Gasteiger partial charge in [-0.25, -0.2) is 4.68 Å². The zero-order valence-corrected chi connectivity index (χ0v) is 19.2. The SMILES string of the molecule is Cc1c(C(=O)Nc2ccc(S(=O)(=O)/N=C3\CCCN3C)cc2)nnn1-c1cccc([N+](=O)[O-])c1. The Hall–Kier alpha value is -4.13. The van der Waals surface area contributed by atoms with Gasteiger partial charge in [0.25, 0.3) is 21.6 Å². The molecule has 1 aromatic heterocycles. The number of anilines is 1. The maximum atomic E-state index is 12.7. The summed E-state index contributed by atoms with van der Waals surface area (Å²) in [6, 6.07) is 11.5. The third-order valence-electron chi connectivity index (χ3n) is 5.36. The summed E-state index contributed by atoms with van der Waals surface area (Å²) in [7, 11) is -2.05. The smallest absolute Gasteiger partial charge is 0.283 e. The molecule has 0 saturated carbocycles. The highest BCUT2D eigenvalue weighted by Gasteiger charge is 2.21. The molecular formula is C21H21N7O5S. The van der Waals surface area contributed by atoms with E-state index in [0.717, 1.165) is 13.0 Å². The first-order valence-electron chi connectivity index (χ1n) is 10.3. The van der Waals surface area contributed by atoms with E-state index in [0.29, 0.717) is 29.3 Å². The molecule has 2 aromatic carbocycles. The fourth-order valence-electron chi connectivity index (χ4n) is 3.52. The van der Waals surface area contributed by atoms with Crippen LogP contribution in [0.2, 0.25) is 0 Å². The Morgan fingerprint density at radius 3 is 2.59 bits per heavy atom. The summed E-state index contributed by atoms with van der Waals surface area (Å²) in [6.07, 6.45) is 1.47. The van der Waals surface area contributed by atoms with Gasteiger partial charge in [0.2, 0.25) is 0 Å². The standard InChI is InChI=1S/C21H21N7O5S/c1-14-20(23-25-27(14)16-5-3-6-17(13-16)28(30)31)21(29)22-15-8-10-18(11-9-15)34(32,33)24-19-7-4-12-26(19)2/h3,5-6,8-11,13H,4,7,12H2,1-2H3,(H,22,29)/b24-19+. The second-order valence-corrected chi connectivity index (χ2v) is 9.30. The van der Waals surface area contributed by atoms with Crippen LogP contribution in [0.25, 0.3) is 5.69 Å². The third kappa shape index (κ3) is 4.64. The summed E-state index contributed by atoms with van der Waals surface area (Å²) in [6.45, 7) is 2.38. The lowest BCUT2D eigenvalue weighted by atomic mass is 10.2. The number of hydrogen-bond donors (Lipinski definition) is 1. The lowest BCUT2D eigenvalue weighted by Gasteiger charge is -2.11. The number of nitro benzene ring substituents is 1. The fourth-order valence-corrected chi connectivity index (χ4v) is 4.62. The first-order chi connectivity index (χ1) is 16.2. The van der Waals surface area contributed by atoms with E-state index in [4.69, 9.17) is 0 Å². The van der Waals surface area contributed by atoms with E-state index in [1.54, 1.807) is 20.0 Å². The van der Waals surface area contributed by atoms with Gasteiger partial charge in [0.1, 0.15) is 5.84 Å². The molecule has 176 valence electrons. The van der Waals surface area contributed by atoms with E-state index in [9.17, 15) is 23.3 Å². The molecule has 1 aliphatic rings. The maximum Gasteiger partial charge on any atom is 0.283 e. The van der Waals surface area contributed by atoms with E-state index < -0.39 is 20.9 Å². The molecule has 12 nitrogen and oxygen atoms in total. The summed E-state index contributed by atoms with van der Waals surface area (Å²) in [4.78, 5) is 25.1. The minimum absolute atomic E-state index is 0.0195. The van der Waals surface area contributed by atoms with Gasteiger partial charge >= 0.3 is 0 Å². The monoisotopic (exact) mass is 483 g/mol. The normalized spacial score (nSPS) is 15.0. The molecule has 4 rings (SSSR count). The topological polar surface area (TPSA) is 153 Å². The van der Waals surface area contributed by atoms with Crippen molar-refractivity contribution in [1.29, 1.82) is 0 Å². The quantitative estimate of drug-likeness (QED) is 0.415. The number of nitrogens with one attached hydrogen (secondary N) is 1. The number of amides is 1. The molecule has 1 amide bonds. The van der Waals surface area contributed by atoms with Crippen LogP contribution in [0.5, 0.6) is 0 Å². The van der Waals surface area contributed by atoms with Crippen LogP contribution in [-0.4, -0.2) is 58.6 Å².